The summed E-state index contributed by atoms with van der Waals surface area (Å²) in [6.07, 6.45) is 0. The number of β-amino-alcohol motifs (C(OH)–C–C–N with tert-alkyl or cyclic N) is 1. The van der Waals surface area contributed by atoms with Gasteiger partial charge in [0, 0.05) is 13.1 Å². The maximum atomic E-state index is 12.2. The average Bonchev–Trinajstić information content (AvgIpc) is 2.26. The molecule has 0 unspecified atom stereocenters. The number of hydrogen-bond acceptors (Lipinski definition) is 4. The standard InChI is InChI=1S/C11H11ClN2O3S/c1-11(15)6-14(7-11)18(16,17)10-4-8(5-13)2-3-9(10)12/h2-4,15H,6-7H2,1H3. The summed E-state index contributed by atoms with van der Waals surface area (Å²) in [5, 5.41) is 18.4. The van der Waals surface area contributed by atoms with Crippen molar-refractivity contribution in [1.29, 1.82) is 5.26 Å². The Labute approximate surface area is 110 Å². The molecule has 0 aromatic heterocycles. The van der Waals surface area contributed by atoms with Gasteiger partial charge in [0.2, 0.25) is 10.0 Å². The van der Waals surface area contributed by atoms with Crippen molar-refractivity contribution >= 4 is 21.6 Å². The van der Waals surface area contributed by atoms with Crippen molar-refractivity contribution in [2.75, 3.05) is 13.1 Å². The highest BCUT2D eigenvalue weighted by molar-refractivity contribution is 7.89. The summed E-state index contributed by atoms with van der Waals surface area (Å²) < 4.78 is 25.6. The Balaban J connectivity index is 2.40. The molecule has 1 aliphatic heterocycles. The van der Waals surface area contributed by atoms with Crippen LogP contribution in [0.5, 0.6) is 0 Å². The monoisotopic (exact) mass is 286 g/mol. The van der Waals surface area contributed by atoms with E-state index >= 15 is 0 Å². The van der Waals surface area contributed by atoms with Gasteiger partial charge in [0.1, 0.15) is 4.90 Å². The fourth-order valence-corrected chi connectivity index (χ4v) is 3.97. The van der Waals surface area contributed by atoms with Gasteiger partial charge in [-0.25, -0.2) is 8.42 Å². The molecule has 1 saturated heterocycles. The molecule has 1 fully saturated rings. The molecule has 0 radical (unpaired) electrons. The zero-order chi connectivity index (χ0) is 13.6. The highest BCUT2D eigenvalue weighted by atomic mass is 35.5. The molecule has 1 aliphatic rings. The van der Waals surface area contributed by atoms with E-state index in [0.717, 1.165) is 4.31 Å². The lowest BCUT2D eigenvalue weighted by atomic mass is 10.0. The summed E-state index contributed by atoms with van der Waals surface area (Å²) in [5.74, 6) is 0. The van der Waals surface area contributed by atoms with E-state index in [4.69, 9.17) is 16.9 Å². The average molecular weight is 287 g/mol. The van der Waals surface area contributed by atoms with Crippen LogP contribution in [-0.2, 0) is 10.0 Å². The van der Waals surface area contributed by atoms with Gasteiger partial charge in [-0.15, -0.1) is 0 Å². The first-order valence-electron chi connectivity index (χ1n) is 5.18. The zero-order valence-corrected chi connectivity index (χ0v) is 11.2. The van der Waals surface area contributed by atoms with Crippen LogP contribution in [0, 0.1) is 11.3 Å². The molecule has 0 atom stereocenters. The molecule has 0 amide bonds. The number of rotatable bonds is 2. The van der Waals surface area contributed by atoms with Crippen LogP contribution in [0.1, 0.15) is 12.5 Å². The number of hydrogen-bond donors (Lipinski definition) is 1. The quantitative estimate of drug-likeness (QED) is 0.878. The summed E-state index contributed by atoms with van der Waals surface area (Å²) in [4.78, 5) is -0.0984. The van der Waals surface area contributed by atoms with Crippen molar-refractivity contribution in [3.8, 4) is 6.07 Å². The first-order chi connectivity index (χ1) is 8.26. The number of nitriles is 1. The first-order valence-corrected chi connectivity index (χ1v) is 7.00. The maximum Gasteiger partial charge on any atom is 0.244 e. The van der Waals surface area contributed by atoms with E-state index in [-0.39, 0.29) is 28.6 Å². The van der Waals surface area contributed by atoms with Crippen LogP contribution in [0.2, 0.25) is 5.02 Å². The summed E-state index contributed by atoms with van der Waals surface area (Å²) >= 11 is 5.86. The summed E-state index contributed by atoms with van der Waals surface area (Å²) in [6.45, 7) is 1.62. The van der Waals surface area contributed by atoms with E-state index in [1.165, 1.54) is 18.2 Å². The van der Waals surface area contributed by atoms with Gasteiger partial charge in [-0.2, -0.15) is 9.57 Å². The predicted molar refractivity (Wildman–Crippen MR) is 65.5 cm³/mol. The van der Waals surface area contributed by atoms with Gasteiger partial charge in [-0.05, 0) is 25.1 Å². The van der Waals surface area contributed by atoms with Crippen LogP contribution in [0.3, 0.4) is 0 Å². The molecule has 96 valence electrons. The van der Waals surface area contributed by atoms with E-state index in [1.807, 2.05) is 6.07 Å². The van der Waals surface area contributed by atoms with Gasteiger partial charge in [0.25, 0.3) is 0 Å². The first kappa shape index (κ1) is 13.3. The number of aliphatic hydroxyl groups is 1. The summed E-state index contributed by atoms with van der Waals surface area (Å²) in [6, 6.07) is 5.94. The third-order valence-corrected chi connectivity index (χ3v) is 4.99. The van der Waals surface area contributed by atoms with Crippen molar-refractivity contribution in [1.82, 2.24) is 4.31 Å². The molecule has 0 spiro atoms. The molecule has 18 heavy (non-hydrogen) atoms. The molecule has 1 heterocycles. The molecule has 0 bridgehead atoms. The van der Waals surface area contributed by atoms with Crippen molar-refractivity contribution in [3.05, 3.63) is 28.8 Å². The molecule has 1 aromatic carbocycles. The van der Waals surface area contributed by atoms with E-state index in [1.54, 1.807) is 6.92 Å². The van der Waals surface area contributed by atoms with Crippen molar-refractivity contribution < 1.29 is 13.5 Å². The van der Waals surface area contributed by atoms with Gasteiger partial charge in [-0.1, -0.05) is 11.6 Å². The third-order valence-electron chi connectivity index (χ3n) is 2.71. The van der Waals surface area contributed by atoms with Crippen LogP contribution in [-0.4, -0.2) is 36.5 Å². The number of benzene rings is 1. The highest BCUT2D eigenvalue weighted by Gasteiger charge is 2.44. The van der Waals surface area contributed by atoms with Crippen LogP contribution in [0.4, 0.5) is 0 Å². The van der Waals surface area contributed by atoms with E-state index in [2.05, 4.69) is 0 Å². The predicted octanol–water partition coefficient (Wildman–Crippen LogP) is 0.967. The maximum absolute atomic E-state index is 12.2. The van der Waals surface area contributed by atoms with Crippen LogP contribution in [0.15, 0.2) is 23.1 Å². The van der Waals surface area contributed by atoms with Crippen LogP contribution >= 0.6 is 11.6 Å². The fraction of sp³-hybridized carbons (Fsp3) is 0.364. The van der Waals surface area contributed by atoms with Crippen molar-refractivity contribution in [2.45, 2.75) is 17.4 Å². The molecular weight excluding hydrogens is 276 g/mol. The minimum atomic E-state index is -3.75. The second-order valence-corrected chi connectivity index (χ2v) is 6.84. The fourth-order valence-electron chi connectivity index (χ4n) is 1.79. The molecule has 2 rings (SSSR count). The zero-order valence-electron chi connectivity index (χ0n) is 9.59. The smallest absolute Gasteiger partial charge is 0.244 e. The Bertz CT molecular complexity index is 626. The van der Waals surface area contributed by atoms with Gasteiger partial charge < -0.3 is 5.11 Å². The Morgan fingerprint density at radius 2 is 2.11 bits per heavy atom. The molecule has 1 aromatic rings. The Morgan fingerprint density at radius 3 is 2.61 bits per heavy atom. The third kappa shape index (κ3) is 2.22. The number of halogens is 1. The Morgan fingerprint density at radius 1 is 1.50 bits per heavy atom. The minimum absolute atomic E-state index is 0.0302. The van der Waals surface area contributed by atoms with Crippen molar-refractivity contribution in [3.63, 3.8) is 0 Å². The normalized spacial score (nSPS) is 19.0. The molecule has 7 heteroatoms. The topological polar surface area (TPSA) is 81.4 Å². The van der Waals surface area contributed by atoms with Crippen molar-refractivity contribution in [2.24, 2.45) is 0 Å². The molecular formula is C11H11ClN2O3S. The van der Waals surface area contributed by atoms with Gasteiger partial charge in [0.05, 0.1) is 22.3 Å². The second kappa shape index (κ2) is 4.21. The molecule has 1 N–H and O–H groups in total. The van der Waals surface area contributed by atoms with E-state index in [9.17, 15) is 13.5 Å². The summed E-state index contributed by atoms with van der Waals surface area (Å²) in [7, 11) is -3.75. The Kier molecular flexibility index (Phi) is 3.11. The van der Waals surface area contributed by atoms with E-state index < -0.39 is 15.6 Å². The highest BCUT2D eigenvalue weighted by Crippen LogP contribution is 2.31. The van der Waals surface area contributed by atoms with Gasteiger partial charge >= 0.3 is 0 Å². The molecule has 0 aliphatic carbocycles. The van der Waals surface area contributed by atoms with E-state index in [0.29, 0.717) is 0 Å². The lowest BCUT2D eigenvalue weighted by Gasteiger charge is -2.42. The molecule has 0 saturated carbocycles. The van der Waals surface area contributed by atoms with Crippen LogP contribution in [0.25, 0.3) is 0 Å². The number of sulfonamides is 1. The minimum Gasteiger partial charge on any atom is -0.387 e. The largest absolute Gasteiger partial charge is 0.387 e. The SMILES string of the molecule is CC1(O)CN(S(=O)(=O)c2cc(C#N)ccc2Cl)C1. The molecule has 5 nitrogen and oxygen atoms in total. The second-order valence-electron chi connectivity index (χ2n) is 4.53. The van der Waals surface area contributed by atoms with Gasteiger partial charge in [0.15, 0.2) is 0 Å². The van der Waals surface area contributed by atoms with Gasteiger partial charge in [-0.3, -0.25) is 0 Å². The summed E-state index contributed by atoms with van der Waals surface area (Å²) in [5.41, 5.74) is -0.767. The lowest BCUT2D eigenvalue weighted by Crippen LogP contribution is -2.61. The van der Waals surface area contributed by atoms with Crippen LogP contribution < -0.4 is 0 Å². The lowest BCUT2D eigenvalue weighted by molar-refractivity contribution is -0.0426. The number of nitrogens with zero attached hydrogens (tertiary/aromatic N) is 2. The Hall–Kier alpha value is -1.13.